The van der Waals surface area contributed by atoms with Crippen molar-refractivity contribution in [2.24, 2.45) is 5.41 Å². The third-order valence-electron chi connectivity index (χ3n) is 4.67. The standard InChI is InChI=1S/C18H22N4O3/c1-18(16(23)24)6-8-22(12-18)17(25)20-10-14-2-4-15(5-3-14)11-21-9-7-19-13-21/h2-5,7,9,13H,6,8,10-12H2,1H3,(H,20,25)(H,23,24). The summed E-state index contributed by atoms with van der Waals surface area (Å²) in [6.07, 6.45) is 5.92. The van der Waals surface area contributed by atoms with Crippen LogP contribution in [0.15, 0.2) is 43.0 Å². The number of carbonyl (C=O) groups excluding carboxylic acids is 1. The highest BCUT2D eigenvalue weighted by Crippen LogP contribution is 2.29. The number of hydrogen-bond donors (Lipinski definition) is 2. The van der Waals surface area contributed by atoms with E-state index in [2.05, 4.69) is 10.3 Å². The molecule has 1 aromatic heterocycles. The van der Waals surface area contributed by atoms with Crippen LogP contribution in [0.3, 0.4) is 0 Å². The van der Waals surface area contributed by atoms with E-state index in [1.54, 1.807) is 24.3 Å². The lowest BCUT2D eigenvalue weighted by molar-refractivity contribution is -0.147. The summed E-state index contributed by atoms with van der Waals surface area (Å²) in [7, 11) is 0. The van der Waals surface area contributed by atoms with Gasteiger partial charge in [0.15, 0.2) is 0 Å². The van der Waals surface area contributed by atoms with Gasteiger partial charge in [0.05, 0.1) is 11.7 Å². The van der Waals surface area contributed by atoms with Crippen molar-refractivity contribution < 1.29 is 14.7 Å². The predicted octanol–water partition coefficient (Wildman–Crippen LogP) is 1.94. The van der Waals surface area contributed by atoms with Crippen LogP contribution < -0.4 is 5.32 Å². The van der Waals surface area contributed by atoms with Crippen molar-refractivity contribution in [1.82, 2.24) is 19.8 Å². The maximum atomic E-state index is 12.2. The van der Waals surface area contributed by atoms with Crippen LogP contribution in [0.4, 0.5) is 4.79 Å². The molecule has 1 aliphatic heterocycles. The van der Waals surface area contributed by atoms with Crippen molar-refractivity contribution in [2.75, 3.05) is 13.1 Å². The topological polar surface area (TPSA) is 87.5 Å². The maximum Gasteiger partial charge on any atom is 0.317 e. The lowest BCUT2D eigenvalue weighted by Crippen LogP contribution is -2.40. The summed E-state index contributed by atoms with van der Waals surface area (Å²) < 4.78 is 1.99. The SMILES string of the molecule is CC1(C(=O)O)CCN(C(=O)NCc2ccc(Cn3ccnc3)cc2)C1. The molecule has 0 radical (unpaired) electrons. The molecule has 2 heterocycles. The first-order chi connectivity index (χ1) is 12.0. The molecule has 1 aromatic carbocycles. The third kappa shape index (κ3) is 3.99. The number of nitrogens with one attached hydrogen (secondary N) is 1. The van der Waals surface area contributed by atoms with E-state index in [9.17, 15) is 14.7 Å². The van der Waals surface area contributed by atoms with Gasteiger partial charge < -0.3 is 19.9 Å². The van der Waals surface area contributed by atoms with Crippen LogP contribution >= 0.6 is 0 Å². The minimum Gasteiger partial charge on any atom is -0.481 e. The normalized spacial score (nSPS) is 19.8. The first-order valence-electron chi connectivity index (χ1n) is 8.26. The van der Waals surface area contributed by atoms with Crippen molar-refractivity contribution in [3.63, 3.8) is 0 Å². The lowest BCUT2D eigenvalue weighted by atomic mass is 9.90. The smallest absolute Gasteiger partial charge is 0.317 e. The van der Waals surface area contributed by atoms with Gasteiger partial charge >= 0.3 is 12.0 Å². The molecule has 2 amide bonds. The highest BCUT2D eigenvalue weighted by molar-refractivity contribution is 5.79. The number of hydrogen-bond acceptors (Lipinski definition) is 3. The molecule has 0 spiro atoms. The molecule has 2 aromatic rings. The first kappa shape index (κ1) is 17.0. The number of nitrogens with zero attached hydrogens (tertiary/aromatic N) is 3. The number of amides is 2. The Kier molecular flexibility index (Phi) is 4.74. The second-order valence-electron chi connectivity index (χ2n) is 6.75. The summed E-state index contributed by atoms with van der Waals surface area (Å²) in [5.41, 5.74) is 1.32. The van der Waals surface area contributed by atoms with E-state index in [0.717, 1.165) is 17.7 Å². The van der Waals surface area contributed by atoms with Gasteiger partial charge in [-0.1, -0.05) is 24.3 Å². The molecule has 7 nitrogen and oxygen atoms in total. The van der Waals surface area contributed by atoms with E-state index in [4.69, 9.17) is 0 Å². The largest absolute Gasteiger partial charge is 0.481 e. The number of carboxylic acid groups (broad SMARTS) is 1. The second-order valence-corrected chi connectivity index (χ2v) is 6.75. The van der Waals surface area contributed by atoms with Gasteiger partial charge in [-0.2, -0.15) is 0 Å². The molecule has 7 heteroatoms. The molecule has 2 N–H and O–H groups in total. The Morgan fingerprint density at radius 1 is 1.28 bits per heavy atom. The molecule has 25 heavy (non-hydrogen) atoms. The van der Waals surface area contributed by atoms with Gasteiger partial charge in [0.2, 0.25) is 0 Å². The molecule has 0 bridgehead atoms. The fourth-order valence-electron chi connectivity index (χ4n) is 2.95. The Hall–Kier alpha value is -2.83. The van der Waals surface area contributed by atoms with Gasteiger partial charge in [-0.3, -0.25) is 4.79 Å². The van der Waals surface area contributed by atoms with Crippen molar-refractivity contribution in [2.45, 2.75) is 26.4 Å². The average Bonchev–Trinajstić information content (AvgIpc) is 3.24. The molecular formula is C18H22N4O3. The fraction of sp³-hybridized carbons (Fsp3) is 0.389. The molecule has 0 saturated carbocycles. The monoisotopic (exact) mass is 342 g/mol. The van der Waals surface area contributed by atoms with Crippen LogP contribution in [-0.4, -0.2) is 44.6 Å². The number of urea groups is 1. The number of carboxylic acids is 1. The summed E-state index contributed by atoms with van der Waals surface area (Å²) in [6.45, 7) is 3.58. The van der Waals surface area contributed by atoms with Gasteiger partial charge in [0, 0.05) is 38.6 Å². The second kappa shape index (κ2) is 6.96. The number of benzene rings is 1. The van der Waals surface area contributed by atoms with Crippen LogP contribution in [0.25, 0.3) is 0 Å². The summed E-state index contributed by atoms with van der Waals surface area (Å²) >= 11 is 0. The highest BCUT2D eigenvalue weighted by atomic mass is 16.4. The zero-order valence-electron chi connectivity index (χ0n) is 14.2. The first-order valence-corrected chi connectivity index (χ1v) is 8.26. The lowest BCUT2D eigenvalue weighted by Gasteiger charge is -2.20. The van der Waals surface area contributed by atoms with Crippen LogP contribution in [0.2, 0.25) is 0 Å². The van der Waals surface area contributed by atoms with Crippen molar-refractivity contribution in [3.05, 3.63) is 54.1 Å². The Morgan fingerprint density at radius 3 is 2.60 bits per heavy atom. The van der Waals surface area contributed by atoms with Crippen molar-refractivity contribution in [3.8, 4) is 0 Å². The van der Waals surface area contributed by atoms with Crippen LogP contribution in [-0.2, 0) is 17.9 Å². The summed E-state index contributed by atoms with van der Waals surface area (Å²) in [5, 5.41) is 12.1. The van der Waals surface area contributed by atoms with Crippen LogP contribution in [0, 0.1) is 5.41 Å². The molecular weight excluding hydrogens is 320 g/mol. The van der Waals surface area contributed by atoms with E-state index in [0.29, 0.717) is 19.5 Å². The Morgan fingerprint density at radius 2 is 2.00 bits per heavy atom. The van der Waals surface area contributed by atoms with Crippen LogP contribution in [0.1, 0.15) is 24.5 Å². The quantitative estimate of drug-likeness (QED) is 0.869. The van der Waals surface area contributed by atoms with Gasteiger partial charge in [0.1, 0.15) is 0 Å². The zero-order valence-corrected chi connectivity index (χ0v) is 14.2. The zero-order chi connectivity index (χ0) is 17.9. The predicted molar refractivity (Wildman–Crippen MR) is 91.9 cm³/mol. The molecule has 132 valence electrons. The summed E-state index contributed by atoms with van der Waals surface area (Å²) in [4.78, 5) is 29.1. The van der Waals surface area contributed by atoms with E-state index in [1.165, 1.54) is 0 Å². The number of likely N-dealkylation sites (tertiary alicyclic amines) is 1. The third-order valence-corrected chi connectivity index (χ3v) is 4.67. The van der Waals surface area contributed by atoms with Crippen LogP contribution in [0.5, 0.6) is 0 Å². The molecule has 3 rings (SSSR count). The Bertz CT molecular complexity index is 742. The maximum absolute atomic E-state index is 12.2. The number of rotatable bonds is 5. The number of aromatic nitrogens is 2. The van der Waals surface area contributed by atoms with E-state index < -0.39 is 11.4 Å². The van der Waals surface area contributed by atoms with Crippen molar-refractivity contribution >= 4 is 12.0 Å². The number of imidazole rings is 1. The Labute approximate surface area is 146 Å². The fourth-order valence-corrected chi connectivity index (χ4v) is 2.95. The number of aliphatic carboxylic acids is 1. The molecule has 1 unspecified atom stereocenters. The summed E-state index contributed by atoms with van der Waals surface area (Å²) in [5.74, 6) is -0.851. The minimum atomic E-state index is -0.851. The van der Waals surface area contributed by atoms with E-state index >= 15 is 0 Å². The summed E-state index contributed by atoms with van der Waals surface area (Å²) in [6, 6.07) is 7.81. The molecule has 1 saturated heterocycles. The number of carbonyl (C=O) groups is 2. The van der Waals surface area contributed by atoms with Gasteiger partial charge in [-0.05, 0) is 24.5 Å². The van der Waals surface area contributed by atoms with E-state index in [-0.39, 0.29) is 12.6 Å². The highest BCUT2D eigenvalue weighted by Gasteiger charge is 2.42. The van der Waals surface area contributed by atoms with Gasteiger partial charge in [0.25, 0.3) is 0 Å². The Balaban J connectivity index is 1.50. The molecule has 1 fully saturated rings. The van der Waals surface area contributed by atoms with E-state index in [1.807, 2.05) is 35.0 Å². The van der Waals surface area contributed by atoms with Gasteiger partial charge in [-0.25, -0.2) is 9.78 Å². The minimum absolute atomic E-state index is 0.215. The molecule has 0 aliphatic carbocycles. The molecule has 1 aliphatic rings. The average molecular weight is 342 g/mol. The molecule has 1 atom stereocenters. The van der Waals surface area contributed by atoms with Gasteiger partial charge in [-0.15, -0.1) is 0 Å². The van der Waals surface area contributed by atoms with Crippen molar-refractivity contribution in [1.29, 1.82) is 0 Å².